The Labute approximate surface area is 115 Å². The molecule has 0 saturated heterocycles. The van der Waals surface area contributed by atoms with Gasteiger partial charge in [-0.3, -0.25) is 0 Å². The lowest BCUT2D eigenvalue weighted by Gasteiger charge is -2.21. The molecule has 1 atom stereocenters. The molecule has 110 valence electrons. The van der Waals surface area contributed by atoms with Crippen molar-refractivity contribution in [3.05, 3.63) is 36.6 Å². The number of nitrogens with one attached hydrogen (secondary N) is 1. The summed E-state index contributed by atoms with van der Waals surface area (Å²) in [4.78, 5) is 0. The molecule has 0 bridgehead atoms. The van der Waals surface area contributed by atoms with Gasteiger partial charge in [-0.15, -0.1) is 0 Å². The number of hydrogen-bond acceptors (Lipinski definition) is 3. The summed E-state index contributed by atoms with van der Waals surface area (Å²) in [7, 11) is 0. The van der Waals surface area contributed by atoms with Crippen LogP contribution in [0.1, 0.15) is 12.8 Å². The molecule has 1 aromatic carbocycles. The SMILES string of the molecule is FC(F)(F)COc1ccccc1NCC1CCC=CO1. The molecule has 1 aliphatic heterocycles. The number of anilines is 1. The fourth-order valence-electron chi connectivity index (χ4n) is 1.86. The summed E-state index contributed by atoms with van der Waals surface area (Å²) in [5.41, 5.74) is 0.537. The predicted molar refractivity (Wildman–Crippen MR) is 69.7 cm³/mol. The van der Waals surface area contributed by atoms with E-state index >= 15 is 0 Å². The van der Waals surface area contributed by atoms with Crippen LogP contribution in [0.4, 0.5) is 18.9 Å². The molecule has 0 fully saturated rings. The van der Waals surface area contributed by atoms with Crippen LogP contribution >= 0.6 is 0 Å². The van der Waals surface area contributed by atoms with E-state index in [-0.39, 0.29) is 11.9 Å². The first-order valence-electron chi connectivity index (χ1n) is 6.37. The zero-order valence-corrected chi connectivity index (χ0v) is 10.8. The number of hydrogen-bond donors (Lipinski definition) is 1. The van der Waals surface area contributed by atoms with Crippen molar-refractivity contribution in [1.82, 2.24) is 0 Å². The van der Waals surface area contributed by atoms with Crippen LogP contribution in [0.3, 0.4) is 0 Å². The summed E-state index contributed by atoms with van der Waals surface area (Å²) in [5, 5.41) is 3.07. The van der Waals surface area contributed by atoms with E-state index in [9.17, 15) is 13.2 Å². The van der Waals surface area contributed by atoms with E-state index in [1.54, 1.807) is 24.5 Å². The maximum absolute atomic E-state index is 12.2. The molecule has 0 spiro atoms. The van der Waals surface area contributed by atoms with Crippen LogP contribution in [0.5, 0.6) is 5.75 Å². The molecule has 0 radical (unpaired) electrons. The van der Waals surface area contributed by atoms with Gasteiger partial charge in [-0.25, -0.2) is 0 Å². The standard InChI is InChI=1S/C14H16F3NO2/c15-14(16,17)10-20-13-7-2-1-6-12(13)18-9-11-5-3-4-8-19-11/h1-2,4,6-8,11,18H,3,5,9-10H2. The Morgan fingerprint density at radius 1 is 1.30 bits per heavy atom. The maximum atomic E-state index is 12.2. The molecule has 1 unspecified atom stereocenters. The summed E-state index contributed by atoms with van der Waals surface area (Å²) < 4.78 is 46.7. The topological polar surface area (TPSA) is 30.5 Å². The molecule has 3 nitrogen and oxygen atoms in total. The van der Waals surface area contributed by atoms with Crippen molar-refractivity contribution in [1.29, 1.82) is 0 Å². The van der Waals surface area contributed by atoms with Gasteiger partial charge in [0.25, 0.3) is 0 Å². The van der Waals surface area contributed by atoms with Crippen LogP contribution in [0.25, 0.3) is 0 Å². The number of allylic oxidation sites excluding steroid dienone is 1. The molecule has 2 rings (SSSR count). The minimum Gasteiger partial charge on any atom is -0.497 e. The Morgan fingerprint density at radius 3 is 2.80 bits per heavy atom. The van der Waals surface area contributed by atoms with E-state index in [0.29, 0.717) is 12.2 Å². The molecule has 1 N–H and O–H groups in total. The van der Waals surface area contributed by atoms with Crippen molar-refractivity contribution < 1.29 is 22.6 Å². The van der Waals surface area contributed by atoms with E-state index in [1.807, 2.05) is 6.08 Å². The zero-order valence-electron chi connectivity index (χ0n) is 10.8. The molecule has 0 amide bonds. The second kappa shape index (κ2) is 6.54. The summed E-state index contributed by atoms with van der Waals surface area (Å²) in [6.07, 6.45) is 1.10. The number of ether oxygens (including phenoxy) is 2. The van der Waals surface area contributed by atoms with Gasteiger partial charge in [0.2, 0.25) is 0 Å². The van der Waals surface area contributed by atoms with Gasteiger partial charge in [0.15, 0.2) is 6.61 Å². The molecule has 20 heavy (non-hydrogen) atoms. The predicted octanol–water partition coefficient (Wildman–Crippen LogP) is 3.73. The van der Waals surface area contributed by atoms with Gasteiger partial charge in [0.1, 0.15) is 11.9 Å². The molecule has 6 heteroatoms. The molecular weight excluding hydrogens is 271 g/mol. The van der Waals surface area contributed by atoms with E-state index in [1.165, 1.54) is 6.07 Å². The van der Waals surface area contributed by atoms with Gasteiger partial charge >= 0.3 is 6.18 Å². The average Bonchev–Trinajstić information content (AvgIpc) is 2.44. The van der Waals surface area contributed by atoms with Gasteiger partial charge in [-0.2, -0.15) is 13.2 Å². The van der Waals surface area contributed by atoms with Crippen LogP contribution in [0.15, 0.2) is 36.6 Å². The summed E-state index contributed by atoms with van der Waals surface area (Å²) in [5.74, 6) is 0.191. The van der Waals surface area contributed by atoms with Crippen molar-refractivity contribution in [3.8, 4) is 5.75 Å². The zero-order chi connectivity index (χ0) is 14.4. The van der Waals surface area contributed by atoms with Gasteiger partial charge in [0, 0.05) is 0 Å². The fourth-order valence-corrected chi connectivity index (χ4v) is 1.86. The van der Waals surface area contributed by atoms with Crippen molar-refractivity contribution in [2.75, 3.05) is 18.5 Å². The lowest BCUT2D eigenvalue weighted by Crippen LogP contribution is -2.24. The average molecular weight is 287 g/mol. The molecule has 1 heterocycles. The van der Waals surface area contributed by atoms with Gasteiger partial charge in [-0.1, -0.05) is 12.1 Å². The van der Waals surface area contributed by atoms with E-state index in [0.717, 1.165) is 12.8 Å². The molecule has 1 aliphatic rings. The Morgan fingerprint density at radius 2 is 2.10 bits per heavy atom. The van der Waals surface area contributed by atoms with Crippen molar-refractivity contribution in [3.63, 3.8) is 0 Å². The highest BCUT2D eigenvalue weighted by atomic mass is 19.4. The first-order chi connectivity index (χ1) is 9.54. The Hall–Kier alpha value is -1.85. The van der Waals surface area contributed by atoms with Crippen molar-refractivity contribution in [2.24, 2.45) is 0 Å². The fraction of sp³-hybridized carbons (Fsp3) is 0.429. The second-order valence-electron chi connectivity index (χ2n) is 4.49. The molecule has 0 aliphatic carbocycles. The van der Waals surface area contributed by atoms with E-state index in [2.05, 4.69) is 5.32 Å². The second-order valence-corrected chi connectivity index (χ2v) is 4.49. The lowest BCUT2D eigenvalue weighted by atomic mass is 10.1. The van der Waals surface area contributed by atoms with Crippen LogP contribution < -0.4 is 10.1 Å². The first-order valence-corrected chi connectivity index (χ1v) is 6.37. The Bertz CT molecular complexity index is 460. The smallest absolute Gasteiger partial charge is 0.422 e. The lowest BCUT2D eigenvalue weighted by molar-refractivity contribution is -0.153. The van der Waals surface area contributed by atoms with Gasteiger partial charge in [0.05, 0.1) is 18.5 Å². The van der Waals surface area contributed by atoms with Crippen LogP contribution in [-0.2, 0) is 4.74 Å². The number of rotatable bonds is 5. The Balaban J connectivity index is 1.91. The third-order valence-corrected chi connectivity index (χ3v) is 2.82. The first kappa shape index (κ1) is 14.6. The maximum Gasteiger partial charge on any atom is 0.422 e. The third-order valence-electron chi connectivity index (χ3n) is 2.82. The number of alkyl halides is 3. The molecule has 1 aromatic rings. The largest absolute Gasteiger partial charge is 0.497 e. The molecular formula is C14H16F3NO2. The Kier molecular flexibility index (Phi) is 4.76. The van der Waals surface area contributed by atoms with Crippen LogP contribution in [0.2, 0.25) is 0 Å². The van der Waals surface area contributed by atoms with Crippen molar-refractivity contribution in [2.45, 2.75) is 25.1 Å². The highest BCUT2D eigenvalue weighted by Gasteiger charge is 2.28. The third kappa shape index (κ3) is 4.68. The van der Waals surface area contributed by atoms with Gasteiger partial charge in [-0.05, 0) is 31.1 Å². The monoisotopic (exact) mass is 287 g/mol. The summed E-state index contributed by atoms with van der Waals surface area (Å²) in [6, 6.07) is 6.57. The van der Waals surface area contributed by atoms with Crippen LogP contribution in [0, 0.1) is 0 Å². The van der Waals surface area contributed by atoms with Gasteiger partial charge < -0.3 is 14.8 Å². The highest BCUT2D eigenvalue weighted by molar-refractivity contribution is 5.56. The minimum atomic E-state index is -4.34. The van der Waals surface area contributed by atoms with E-state index < -0.39 is 12.8 Å². The highest BCUT2D eigenvalue weighted by Crippen LogP contribution is 2.26. The molecule has 0 aromatic heterocycles. The summed E-state index contributed by atoms with van der Waals surface area (Å²) >= 11 is 0. The van der Waals surface area contributed by atoms with E-state index in [4.69, 9.17) is 9.47 Å². The number of benzene rings is 1. The number of halogens is 3. The van der Waals surface area contributed by atoms with Crippen molar-refractivity contribution >= 4 is 5.69 Å². The summed E-state index contributed by atoms with van der Waals surface area (Å²) in [6.45, 7) is -0.773. The normalized spacial score (nSPS) is 18.4. The number of para-hydroxylation sites is 2. The quantitative estimate of drug-likeness (QED) is 0.895. The minimum absolute atomic E-state index is 0.0238. The molecule has 0 saturated carbocycles. The van der Waals surface area contributed by atoms with Crippen LogP contribution in [-0.4, -0.2) is 25.4 Å².